The van der Waals surface area contributed by atoms with Crippen molar-refractivity contribution in [1.29, 1.82) is 0 Å². The molecule has 0 amide bonds. The third kappa shape index (κ3) is 2.46. The SMILES string of the molecule is CCC1CCCCC1C(N)c1ccccc1. The molecule has 0 saturated heterocycles. The monoisotopic (exact) mass is 217 g/mol. The van der Waals surface area contributed by atoms with Crippen LogP contribution in [-0.2, 0) is 0 Å². The molecule has 3 atom stereocenters. The molecule has 16 heavy (non-hydrogen) atoms. The van der Waals surface area contributed by atoms with Crippen molar-refractivity contribution in [2.24, 2.45) is 17.6 Å². The van der Waals surface area contributed by atoms with Crippen LogP contribution >= 0.6 is 0 Å². The van der Waals surface area contributed by atoms with Crippen LogP contribution in [-0.4, -0.2) is 0 Å². The fraction of sp³-hybridized carbons (Fsp3) is 0.600. The summed E-state index contributed by atoms with van der Waals surface area (Å²) in [5.41, 5.74) is 7.75. The maximum atomic E-state index is 6.44. The second-order valence-electron chi connectivity index (χ2n) is 5.05. The molecule has 0 bridgehead atoms. The molecule has 0 heterocycles. The van der Waals surface area contributed by atoms with Gasteiger partial charge in [-0.15, -0.1) is 0 Å². The summed E-state index contributed by atoms with van der Waals surface area (Å²) < 4.78 is 0. The summed E-state index contributed by atoms with van der Waals surface area (Å²) in [6.45, 7) is 2.31. The van der Waals surface area contributed by atoms with Gasteiger partial charge in [0.15, 0.2) is 0 Å². The van der Waals surface area contributed by atoms with Gasteiger partial charge in [0.05, 0.1) is 0 Å². The van der Waals surface area contributed by atoms with E-state index < -0.39 is 0 Å². The molecule has 1 saturated carbocycles. The van der Waals surface area contributed by atoms with Crippen LogP contribution in [0.25, 0.3) is 0 Å². The minimum Gasteiger partial charge on any atom is -0.324 e. The minimum absolute atomic E-state index is 0.242. The lowest BCUT2D eigenvalue weighted by atomic mass is 9.73. The van der Waals surface area contributed by atoms with Gasteiger partial charge in [0.1, 0.15) is 0 Å². The standard InChI is InChI=1S/C15H23N/c1-2-12-8-6-7-11-14(12)15(16)13-9-4-3-5-10-13/h3-5,9-10,12,14-15H,2,6-8,11,16H2,1H3. The first kappa shape index (κ1) is 11.7. The molecule has 1 aliphatic carbocycles. The Morgan fingerprint density at radius 3 is 2.56 bits per heavy atom. The van der Waals surface area contributed by atoms with E-state index in [0.717, 1.165) is 5.92 Å². The molecule has 1 heteroatoms. The number of hydrogen-bond acceptors (Lipinski definition) is 1. The van der Waals surface area contributed by atoms with Crippen molar-refractivity contribution in [3.8, 4) is 0 Å². The molecule has 0 aliphatic heterocycles. The summed E-state index contributed by atoms with van der Waals surface area (Å²) in [4.78, 5) is 0. The van der Waals surface area contributed by atoms with Crippen LogP contribution in [0.2, 0.25) is 0 Å². The molecule has 3 unspecified atom stereocenters. The predicted molar refractivity (Wildman–Crippen MR) is 69.1 cm³/mol. The molecular formula is C15H23N. The first-order valence-corrected chi connectivity index (χ1v) is 6.63. The van der Waals surface area contributed by atoms with E-state index in [1.54, 1.807) is 0 Å². The average molecular weight is 217 g/mol. The van der Waals surface area contributed by atoms with Gasteiger partial charge in [-0.25, -0.2) is 0 Å². The van der Waals surface area contributed by atoms with E-state index in [1.807, 2.05) is 0 Å². The quantitative estimate of drug-likeness (QED) is 0.816. The van der Waals surface area contributed by atoms with Crippen molar-refractivity contribution in [3.63, 3.8) is 0 Å². The zero-order valence-electron chi connectivity index (χ0n) is 10.2. The van der Waals surface area contributed by atoms with E-state index in [4.69, 9.17) is 5.73 Å². The highest BCUT2D eigenvalue weighted by molar-refractivity contribution is 5.19. The summed E-state index contributed by atoms with van der Waals surface area (Å²) >= 11 is 0. The highest BCUT2D eigenvalue weighted by atomic mass is 14.7. The van der Waals surface area contributed by atoms with Crippen LogP contribution in [0.5, 0.6) is 0 Å². The molecule has 0 spiro atoms. The second-order valence-corrected chi connectivity index (χ2v) is 5.05. The van der Waals surface area contributed by atoms with Gasteiger partial charge in [0.25, 0.3) is 0 Å². The first-order chi connectivity index (χ1) is 7.83. The highest BCUT2D eigenvalue weighted by Crippen LogP contribution is 2.38. The highest BCUT2D eigenvalue weighted by Gasteiger charge is 2.29. The predicted octanol–water partition coefficient (Wildman–Crippen LogP) is 3.90. The smallest absolute Gasteiger partial charge is 0.0326 e. The van der Waals surface area contributed by atoms with Crippen molar-refractivity contribution in [1.82, 2.24) is 0 Å². The maximum absolute atomic E-state index is 6.44. The van der Waals surface area contributed by atoms with Gasteiger partial charge in [-0.05, 0) is 23.8 Å². The number of rotatable bonds is 3. The van der Waals surface area contributed by atoms with Crippen molar-refractivity contribution >= 4 is 0 Å². The zero-order chi connectivity index (χ0) is 11.4. The molecule has 1 nitrogen and oxygen atoms in total. The van der Waals surface area contributed by atoms with E-state index in [-0.39, 0.29) is 6.04 Å². The van der Waals surface area contributed by atoms with Gasteiger partial charge in [0, 0.05) is 6.04 Å². The molecule has 1 fully saturated rings. The molecule has 88 valence electrons. The van der Waals surface area contributed by atoms with Crippen molar-refractivity contribution in [2.45, 2.75) is 45.1 Å². The van der Waals surface area contributed by atoms with Crippen molar-refractivity contribution < 1.29 is 0 Å². The molecule has 1 aliphatic rings. The van der Waals surface area contributed by atoms with Gasteiger partial charge in [0.2, 0.25) is 0 Å². The van der Waals surface area contributed by atoms with Gasteiger partial charge < -0.3 is 5.73 Å². The van der Waals surface area contributed by atoms with Crippen molar-refractivity contribution in [3.05, 3.63) is 35.9 Å². The molecular weight excluding hydrogens is 194 g/mol. The summed E-state index contributed by atoms with van der Waals surface area (Å²) in [5, 5.41) is 0. The van der Waals surface area contributed by atoms with Gasteiger partial charge in [-0.3, -0.25) is 0 Å². The minimum atomic E-state index is 0.242. The normalized spacial score (nSPS) is 27.6. The Bertz CT molecular complexity index is 306. The largest absolute Gasteiger partial charge is 0.324 e. The molecule has 1 aromatic carbocycles. The average Bonchev–Trinajstić information content (AvgIpc) is 2.39. The van der Waals surface area contributed by atoms with Crippen LogP contribution in [0.1, 0.15) is 50.6 Å². The summed E-state index contributed by atoms with van der Waals surface area (Å²) in [6.07, 6.45) is 6.74. The van der Waals surface area contributed by atoms with E-state index in [2.05, 4.69) is 37.3 Å². The molecule has 2 rings (SSSR count). The Hall–Kier alpha value is -0.820. The first-order valence-electron chi connectivity index (χ1n) is 6.63. The Balaban J connectivity index is 2.10. The lowest BCUT2D eigenvalue weighted by Crippen LogP contribution is -2.30. The van der Waals surface area contributed by atoms with Gasteiger partial charge in [-0.2, -0.15) is 0 Å². The van der Waals surface area contributed by atoms with E-state index in [9.17, 15) is 0 Å². The number of benzene rings is 1. The summed E-state index contributed by atoms with van der Waals surface area (Å²) in [6, 6.07) is 10.8. The summed E-state index contributed by atoms with van der Waals surface area (Å²) in [7, 11) is 0. The van der Waals surface area contributed by atoms with E-state index in [1.165, 1.54) is 37.7 Å². The molecule has 0 aromatic heterocycles. The van der Waals surface area contributed by atoms with Crippen LogP contribution in [0.15, 0.2) is 30.3 Å². The number of nitrogens with two attached hydrogens (primary N) is 1. The van der Waals surface area contributed by atoms with Crippen LogP contribution in [0.4, 0.5) is 0 Å². The van der Waals surface area contributed by atoms with Crippen LogP contribution < -0.4 is 5.73 Å². The fourth-order valence-electron chi connectivity index (χ4n) is 3.14. The Morgan fingerprint density at radius 2 is 1.88 bits per heavy atom. The molecule has 1 aromatic rings. The third-order valence-electron chi connectivity index (χ3n) is 4.14. The molecule has 0 radical (unpaired) electrons. The van der Waals surface area contributed by atoms with Crippen LogP contribution in [0.3, 0.4) is 0 Å². The van der Waals surface area contributed by atoms with Gasteiger partial charge in [-0.1, -0.05) is 62.9 Å². The topological polar surface area (TPSA) is 26.0 Å². The van der Waals surface area contributed by atoms with Crippen LogP contribution in [0, 0.1) is 11.8 Å². The Kier molecular flexibility index (Phi) is 4.00. The second kappa shape index (κ2) is 5.49. The fourth-order valence-corrected chi connectivity index (χ4v) is 3.14. The lowest BCUT2D eigenvalue weighted by molar-refractivity contribution is 0.196. The van der Waals surface area contributed by atoms with E-state index >= 15 is 0 Å². The lowest BCUT2D eigenvalue weighted by Gasteiger charge is -2.35. The zero-order valence-corrected chi connectivity index (χ0v) is 10.2. The molecule has 2 N–H and O–H groups in total. The van der Waals surface area contributed by atoms with Gasteiger partial charge >= 0.3 is 0 Å². The number of hydrogen-bond donors (Lipinski definition) is 1. The maximum Gasteiger partial charge on any atom is 0.0326 e. The summed E-state index contributed by atoms with van der Waals surface area (Å²) in [5.74, 6) is 1.53. The van der Waals surface area contributed by atoms with Crippen molar-refractivity contribution in [2.75, 3.05) is 0 Å². The van der Waals surface area contributed by atoms with E-state index in [0.29, 0.717) is 5.92 Å². The third-order valence-corrected chi connectivity index (χ3v) is 4.14. The Labute approximate surface area is 99.0 Å². The Morgan fingerprint density at radius 1 is 1.19 bits per heavy atom.